The number of anilines is 2. The number of carbonyl (C=O) groups excluding carboxylic acids is 2. The number of carboxylic acids is 1. The van der Waals surface area contributed by atoms with Gasteiger partial charge in [0, 0.05) is 70.4 Å². The molecule has 0 bridgehead atoms. The van der Waals surface area contributed by atoms with Gasteiger partial charge in [-0.25, -0.2) is 4.98 Å². The number of nitrogens with zero attached hydrogens (tertiary/aromatic N) is 5. The summed E-state index contributed by atoms with van der Waals surface area (Å²) in [5, 5.41) is 15.3. The first-order chi connectivity index (χ1) is 22.0. The average Bonchev–Trinajstić information content (AvgIpc) is 3.41. The van der Waals surface area contributed by atoms with Gasteiger partial charge in [0.05, 0.1) is 24.6 Å². The van der Waals surface area contributed by atoms with Gasteiger partial charge in [0.1, 0.15) is 11.3 Å². The Morgan fingerprint density at radius 3 is 2.50 bits per heavy atom. The van der Waals surface area contributed by atoms with Gasteiger partial charge < -0.3 is 35.7 Å². The quantitative estimate of drug-likeness (QED) is 0.171. The van der Waals surface area contributed by atoms with Crippen LogP contribution in [-0.2, 0) is 27.5 Å². The van der Waals surface area contributed by atoms with Crippen LogP contribution in [0.2, 0.25) is 0 Å². The summed E-state index contributed by atoms with van der Waals surface area (Å²) >= 11 is 0. The number of nitrogen functional groups attached to an aromatic ring is 1. The van der Waals surface area contributed by atoms with Crippen LogP contribution in [0.1, 0.15) is 64.0 Å². The number of nitrogens with two attached hydrogens (primary N) is 1. The summed E-state index contributed by atoms with van der Waals surface area (Å²) in [5.41, 5.74) is 8.74. The number of amides is 2. The Balaban J connectivity index is 1.33. The molecule has 13 heteroatoms. The van der Waals surface area contributed by atoms with Gasteiger partial charge in [-0.2, -0.15) is 4.98 Å². The van der Waals surface area contributed by atoms with Crippen LogP contribution >= 0.6 is 0 Å². The Labute approximate surface area is 270 Å². The number of nitrogens with one attached hydrogen (secondary N) is 2. The Kier molecular flexibility index (Phi) is 11.8. The molecule has 1 fully saturated rings. The van der Waals surface area contributed by atoms with E-state index in [-0.39, 0.29) is 37.1 Å². The summed E-state index contributed by atoms with van der Waals surface area (Å²) in [4.78, 5) is 49.2. The minimum absolute atomic E-state index is 0.0203. The van der Waals surface area contributed by atoms with Crippen LogP contribution in [-0.4, -0.2) is 93.6 Å². The zero-order valence-corrected chi connectivity index (χ0v) is 27.5. The number of piperazine rings is 1. The molecule has 4 rings (SSSR count). The first-order valence-corrected chi connectivity index (χ1v) is 16.0. The Hall–Kier alpha value is -4.39. The van der Waals surface area contributed by atoms with E-state index in [0.717, 1.165) is 79.2 Å². The maximum absolute atomic E-state index is 12.8. The topological polar surface area (TPSA) is 168 Å². The van der Waals surface area contributed by atoms with E-state index in [0.29, 0.717) is 19.6 Å². The van der Waals surface area contributed by atoms with Crippen molar-refractivity contribution in [3.8, 4) is 5.75 Å². The van der Waals surface area contributed by atoms with Crippen LogP contribution in [0.15, 0.2) is 30.5 Å². The Bertz CT molecular complexity index is 1510. The van der Waals surface area contributed by atoms with Crippen molar-refractivity contribution in [1.29, 1.82) is 0 Å². The van der Waals surface area contributed by atoms with Gasteiger partial charge in [-0.15, -0.1) is 0 Å². The van der Waals surface area contributed by atoms with Crippen molar-refractivity contribution in [2.24, 2.45) is 5.41 Å². The molecule has 2 amide bonds. The molecule has 1 aliphatic rings. The number of benzene rings is 1. The van der Waals surface area contributed by atoms with Crippen LogP contribution in [0.5, 0.6) is 5.75 Å². The highest BCUT2D eigenvalue weighted by Gasteiger charge is 2.30. The first kappa shape index (κ1) is 34.5. The van der Waals surface area contributed by atoms with Gasteiger partial charge in [-0.05, 0) is 44.0 Å². The molecule has 13 nitrogen and oxygen atoms in total. The van der Waals surface area contributed by atoms with Crippen LogP contribution in [0.3, 0.4) is 0 Å². The second-order valence-electron chi connectivity index (χ2n) is 12.5. The minimum Gasteiger partial charge on any atom is -0.496 e. The van der Waals surface area contributed by atoms with Gasteiger partial charge in [0.15, 0.2) is 5.82 Å². The normalized spacial score (nSPS) is 14.0. The molecule has 2 aromatic heterocycles. The van der Waals surface area contributed by atoms with Gasteiger partial charge in [0.2, 0.25) is 17.8 Å². The van der Waals surface area contributed by atoms with Gasteiger partial charge >= 0.3 is 5.97 Å². The highest BCUT2D eigenvalue weighted by molar-refractivity contribution is 5.88. The molecule has 1 aromatic carbocycles. The van der Waals surface area contributed by atoms with Crippen molar-refractivity contribution in [2.45, 2.75) is 66.0 Å². The molecular weight excluding hydrogens is 588 g/mol. The molecule has 0 atom stereocenters. The standard InChI is InChI=1S/C33H48N8O5/c1-5-6-7-12-36-30-29-25(37-32(34)38-30)11-14-41(29)22-24-19-23(8-9-26(24)46-4)21-39-15-17-40(18-16-39)28(43)10-13-35-27(42)20-33(2,3)31(44)45/h8-9,11,14,19H,5-7,10,12-13,15-18,20-22H2,1-4H3,(H,35,42)(H,44,45)(H3,34,36,37,38). The van der Waals surface area contributed by atoms with Crippen molar-refractivity contribution in [3.63, 3.8) is 0 Å². The van der Waals surface area contributed by atoms with Crippen molar-refractivity contribution in [2.75, 3.05) is 57.4 Å². The smallest absolute Gasteiger partial charge is 0.309 e. The SMILES string of the molecule is CCCCCNc1nc(N)nc2ccn(Cc3cc(CN4CCN(C(=O)CCNC(=O)CC(C)(C)C(=O)O)CC4)ccc3OC)c12. The predicted molar refractivity (Wildman–Crippen MR) is 178 cm³/mol. The largest absolute Gasteiger partial charge is 0.496 e. The summed E-state index contributed by atoms with van der Waals surface area (Å²) < 4.78 is 7.85. The van der Waals surface area contributed by atoms with Crippen LogP contribution < -0.4 is 21.1 Å². The third-order valence-corrected chi connectivity index (χ3v) is 8.36. The van der Waals surface area contributed by atoms with Crippen molar-refractivity contribution < 1.29 is 24.2 Å². The maximum Gasteiger partial charge on any atom is 0.309 e. The van der Waals surface area contributed by atoms with E-state index in [1.54, 1.807) is 7.11 Å². The fourth-order valence-corrected chi connectivity index (χ4v) is 5.62. The molecule has 5 N–H and O–H groups in total. The maximum atomic E-state index is 12.8. The number of rotatable bonds is 16. The van der Waals surface area contributed by atoms with E-state index in [1.165, 1.54) is 13.8 Å². The average molecular weight is 637 g/mol. The lowest BCUT2D eigenvalue weighted by Crippen LogP contribution is -2.48. The molecule has 0 spiro atoms. The molecule has 0 aliphatic carbocycles. The number of hydrogen-bond donors (Lipinski definition) is 4. The molecule has 3 aromatic rings. The zero-order valence-electron chi connectivity index (χ0n) is 27.5. The zero-order chi connectivity index (χ0) is 33.3. The number of unbranched alkanes of at least 4 members (excludes halogenated alkanes) is 2. The number of methoxy groups -OCH3 is 1. The number of fused-ring (bicyclic) bond motifs is 1. The van der Waals surface area contributed by atoms with Crippen molar-refractivity contribution in [1.82, 2.24) is 29.7 Å². The fraction of sp³-hybridized carbons (Fsp3) is 0.545. The molecule has 0 unspecified atom stereocenters. The van der Waals surface area contributed by atoms with Gasteiger partial charge in [-0.3, -0.25) is 19.3 Å². The van der Waals surface area contributed by atoms with Crippen LogP contribution in [0.25, 0.3) is 11.0 Å². The van der Waals surface area contributed by atoms with Crippen molar-refractivity contribution >= 4 is 40.6 Å². The molecule has 0 saturated carbocycles. The van der Waals surface area contributed by atoms with Crippen molar-refractivity contribution in [3.05, 3.63) is 41.6 Å². The lowest BCUT2D eigenvalue weighted by Gasteiger charge is -2.35. The Morgan fingerprint density at radius 2 is 1.80 bits per heavy atom. The number of carboxylic acid groups (broad SMARTS) is 1. The lowest BCUT2D eigenvalue weighted by molar-refractivity contribution is -0.149. The van der Waals surface area contributed by atoms with Gasteiger partial charge in [-0.1, -0.05) is 25.8 Å². The molecule has 1 saturated heterocycles. The monoisotopic (exact) mass is 636 g/mol. The highest BCUT2D eigenvalue weighted by atomic mass is 16.5. The molecule has 46 heavy (non-hydrogen) atoms. The van der Waals surface area contributed by atoms with E-state index >= 15 is 0 Å². The third-order valence-electron chi connectivity index (χ3n) is 8.36. The summed E-state index contributed by atoms with van der Waals surface area (Å²) in [6.45, 7) is 10.2. The lowest BCUT2D eigenvalue weighted by atomic mass is 9.89. The summed E-state index contributed by atoms with van der Waals surface area (Å²) in [6.07, 6.45) is 5.38. The van der Waals surface area contributed by atoms with E-state index in [1.807, 2.05) is 23.2 Å². The second kappa shape index (κ2) is 15.7. The summed E-state index contributed by atoms with van der Waals surface area (Å²) in [7, 11) is 1.68. The first-order valence-electron chi connectivity index (χ1n) is 16.0. The minimum atomic E-state index is -1.15. The fourth-order valence-electron chi connectivity index (χ4n) is 5.62. The second-order valence-corrected chi connectivity index (χ2v) is 12.5. The van der Waals surface area contributed by atoms with Crippen LogP contribution in [0.4, 0.5) is 11.8 Å². The number of aliphatic carboxylic acids is 1. The number of carbonyl (C=O) groups is 3. The van der Waals surface area contributed by atoms with Crippen LogP contribution in [0, 0.1) is 5.41 Å². The van der Waals surface area contributed by atoms with E-state index < -0.39 is 11.4 Å². The third kappa shape index (κ3) is 9.09. The summed E-state index contributed by atoms with van der Waals surface area (Å²) in [5.74, 6) is 0.356. The Morgan fingerprint density at radius 1 is 1.04 bits per heavy atom. The van der Waals surface area contributed by atoms with E-state index in [4.69, 9.17) is 10.5 Å². The number of ether oxygens (including phenoxy) is 1. The summed E-state index contributed by atoms with van der Waals surface area (Å²) in [6, 6.07) is 8.20. The van der Waals surface area contributed by atoms with E-state index in [2.05, 4.69) is 49.1 Å². The number of hydrogen-bond acceptors (Lipinski definition) is 9. The van der Waals surface area contributed by atoms with E-state index in [9.17, 15) is 19.5 Å². The molecular formula is C33H48N8O5. The molecule has 3 heterocycles. The number of aromatic nitrogens is 3. The van der Waals surface area contributed by atoms with Gasteiger partial charge in [0.25, 0.3) is 0 Å². The molecule has 1 aliphatic heterocycles. The predicted octanol–water partition coefficient (Wildman–Crippen LogP) is 3.32. The highest BCUT2D eigenvalue weighted by Crippen LogP contribution is 2.28. The molecule has 250 valence electrons. The molecule has 0 radical (unpaired) electrons.